The minimum atomic E-state index is -1.03. The van der Waals surface area contributed by atoms with Gasteiger partial charge in [0.1, 0.15) is 0 Å². The Morgan fingerprint density at radius 3 is 2.10 bits per heavy atom. The van der Waals surface area contributed by atoms with E-state index in [2.05, 4.69) is 0 Å². The summed E-state index contributed by atoms with van der Waals surface area (Å²) in [5.41, 5.74) is 1.83. The van der Waals surface area contributed by atoms with Gasteiger partial charge in [0, 0.05) is 43.1 Å². The molecular formula is C28H30NNaO10S. The molecule has 0 spiro atoms. The first-order valence-electron chi connectivity index (χ1n) is 12.6. The molecule has 4 rings (SSSR count). The number of hydrogen-bond donors (Lipinski definition) is 3. The number of ketones is 1. The third-order valence-corrected chi connectivity index (χ3v) is 7.50. The Labute approximate surface area is 263 Å². The first kappa shape index (κ1) is 32.2. The van der Waals surface area contributed by atoms with E-state index in [0.29, 0.717) is 52.6 Å². The molecule has 0 saturated heterocycles. The number of aromatic hydroxyl groups is 1. The number of carbonyl (C=O) groups excluding carboxylic acids is 2. The number of nitrogens with zero attached hydrogens (tertiary/aromatic N) is 1. The third-order valence-electron chi connectivity index (χ3n) is 6.36. The molecule has 1 aliphatic rings. The van der Waals surface area contributed by atoms with Crippen LogP contribution in [0.1, 0.15) is 54.3 Å². The molecule has 2 aromatic carbocycles. The molecule has 0 saturated carbocycles. The molecule has 1 aliphatic heterocycles. The number of ether oxygens (including phenoxy) is 3. The van der Waals surface area contributed by atoms with Gasteiger partial charge in [-0.3, -0.25) is 19.2 Å². The van der Waals surface area contributed by atoms with Crippen LogP contribution in [0.25, 0.3) is 10.1 Å². The second-order valence-electron chi connectivity index (χ2n) is 9.25. The predicted molar refractivity (Wildman–Crippen MR) is 146 cm³/mol. The summed E-state index contributed by atoms with van der Waals surface area (Å²) in [4.78, 5) is 48.1. The van der Waals surface area contributed by atoms with Gasteiger partial charge in [0.2, 0.25) is 5.91 Å². The van der Waals surface area contributed by atoms with E-state index in [4.69, 9.17) is 24.4 Å². The summed E-state index contributed by atoms with van der Waals surface area (Å²) in [5.74, 6) is -1.29. The summed E-state index contributed by atoms with van der Waals surface area (Å²) in [6.07, 6.45) is -0.0982. The van der Waals surface area contributed by atoms with Crippen molar-refractivity contribution in [2.75, 3.05) is 20.3 Å². The summed E-state index contributed by atoms with van der Waals surface area (Å²) >= 11 is 1.19. The van der Waals surface area contributed by atoms with Crippen LogP contribution in [0.4, 0.5) is 0 Å². The Morgan fingerprint density at radius 2 is 1.46 bits per heavy atom. The molecule has 1 aromatic heterocycles. The van der Waals surface area contributed by atoms with Crippen molar-refractivity contribution in [3.8, 4) is 23.0 Å². The molecule has 0 radical (unpaired) electrons. The second-order valence-corrected chi connectivity index (χ2v) is 10.3. The van der Waals surface area contributed by atoms with Crippen molar-refractivity contribution < 1.29 is 79.7 Å². The molecule has 13 heteroatoms. The normalized spacial score (nSPS) is 12.0. The number of fused-ring (bicyclic) bond motifs is 2. The van der Waals surface area contributed by atoms with E-state index in [1.165, 1.54) is 24.5 Å². The maximum atomic E-state index is 12.3. The second kappa shape index (κ2) is 14.5. The molecule has 0 fully saturated rings. The van der Waals surface area contributed by atoms with Gasteiger partial charge in [0.15, 0.2) is 28.8 Å². The van der Waals surface area contributed by atoms with Crippen LogP contribution in [0.2, 0.25) is 0 Å². The van der Waals surface area contributed by atoms with Crippen molar-refractivity contribution >= 4 is 45.1 Å². The van der Waals surface area contributed by atoms with E-state index in [9.17, 15) is 24.3 Å². The smallest absolute Gasteiger partial charge is 1.00 e. The first-order chi connectivity index (χ1) is 19.1. The zero-order valence-electron chi connectivity index (χ0n) is 23.8. The van der Waals surface area contributed by atoms with Crippen molar-refractivity contribution in [3.05, 3.63) is 46.3 Å². The van der Waals surface area contributed by atoms with Crippen LogP contribution in [0.5, 0.6) is 23.0 Å². The minimum Gasteiger partial charge on any atom is -1.00 e. The average molecular weight is 596 g/mol. The molecule has 214 valence electrons. The zero-order chi connectivity index (χ0) is 28.8. The number of thiophene rings is 1. The van der Waals surface area contributed by atoms with Crippen LogP contribution in [0.3, 0.4) is 0 Å². The van der Waals surface area contributed by atoms with Crippen molar-refractivity contribution in [2.24, 2.45) is 0 Å². The maximum Gasteiger partial charge on any atom is 1.00 e. The number of Topliss-reactive ketones (excluding diaryl/α,β-unsaturated/α-hetero) is 1. The third kappa shape index (κ3) is 8.35. The van der Waals surface area contributed by atoms with E-state index in [-0.39, 0.29) is 86.5 Å². The molecule has 3 N–H and O–H groups in total. The van der Waals surface area contributed by atoms with Gasteiger partial charge in [0.25, 0.3) is 0 Å². The van der Waals surface area contributed by atoms with Gasteiger partial charge in [-0.05, 0) is 40.8 Å². The Balaban J connectivity index is 0.00000308. The Morgan fingerprint density at radius 1 is 0.854 bits per heavy atom. The number of amides is 1. The van der Waals surface area contributed by atoms with E-state index < -0.39 is 11.9 Å². The fourth-order valence-electron chi connectivity index (χ4n) is 4.30. The molecule has 0 unspecified atom stereocenters. The van der Waals surface area contributed by atoms with Crippen molar-refractivity contribution in [1.29, 1.82) is 0 Å². The molecule has 11 nitrogen and oxygen atoms in total. The van der Waals surface area contributed by atoms with Crippen molar-refractivity contribution in [1.82, 2.24) is 4.90 Å². The number of carboxylic acid groups (broad SMARTS) is 2. The largest absolute Gasteiger partial charge is 1.00 e. The van der Waals surface area contributed by atoms with Gasteiger partial charge in [-0.25, -0.2) is 0 Å². The van der Waals surface area contributed by atoms with Crippen LogP contribution in [-0.2, 0) is 27.5 Å². The Bertz CT molecular complexity index is 1460. The number of methoxy groups -OCH3 is 1. The van der Waals surface area contributed by atoms with Crippen LogP contribution in [0.15, 0.2) is 30.3 Å². The quantitative estimate of drug-likeness (QED) is 0.141. The number of benzene rings is 2. The molecule has 0 aliphatic carbocycles. The Kier molecular flexibility index (Phi) is 11.4. The number of phenols is 1. The molecule has 41 heavy (non-hydrogen) atoms. The van der Waals surface area contributed by atoms with Gasteiger partial charge in [-0.15, -0.1) is 11.3 Å². The van der Waals surface area contributed by atoms with Gasteiger partial charge >= 0.3 is 41.5 Å². The molecule has 3 aromatic rings. The summed E-state index contributed by atoms with van der Waals surface area (Å²) in [6.45, 7) is 1.29. The summed E-state index contributed by atoms with van der Waals surface area (Å²) in [5, 5.41) is 28.7. The minimum absolute atomic E-state index is 0. The topological polar surface area (TPSA) is 160 Å². The van der Waals surface area contributed by atoms with Crippen LogP contribution in [-0.4, -0.2) is 64.2 Å². The molecule has 1 amide bonds. The number of phenolic OH excluding ortho intramolecular Hbond substituents is 1. The molecular weight excluding hydrogens is 565 g/mol. The fourth-order valence-corrected chi connectivity index (χ4v) is 5.35. The summed E-state index contributed by atoms with van der Waals surface area (Å²) in [7, 11) is 1.52. The fraction of sp³-hybridized carbons (Fsp3) is 0.357. The SMILES string of the molecule is COc1cc2c(cc1OCCCOc1cc3cc(C(=O)CCC(=O)O)sc3cc1O)CN(C(=O)CCC(=O)O)C2.[H-].[Na+]. The van der Waals surface area contributed by atoms with Gasteiger partial charge in [-0.2, -0.15) is 0 Å². The van der Waals surface area contributed by atoms with Gasteiger partial charge < -0.3 is 35.9 Å². The number of hydrogen-bond acceptors (Lipinski definition) is 9. The Hall–Kier alpha value is -3.32. The molecule has 0 bridgehead atoms. The first-order valence-corrected chi connectivity index (χ1v) is 13.4. The van der Waals surface area contributed by atoms with E-state index in [0.717, 1.165) is 11.1 Å². The van der Waals surface area contributed by atoms with Crippen molar-refractivity contribution in [2.45, 2.75) is 45.2 Å². The number of carboxylic acids is 2. The van der Waals surface area contributed by atoms with Gasteiger partial charge in [0.05, 0.1) is 38.0 Å². The number of rotatable bonds is 14. The summed E-state index contributed by atoms with van der Waals surface area (Å²) < 4.78 is 17.8. The number of carbonyl (C=O) groups is 4. The number of aliphatic carboxylic acids is 2. The molecule has 0 atom stereocenters. The van der Waals surface area contributed by atoms with Crippen LogP contribution in [0, 0.1) is 0 Å². The van der Waals surface area contributed by atoms with E-state index >= 15 is 0 Å². The molecule has 2 heterocycles. The van der Waals surface area contributed by atoms with Crippen molar-refractivity contribution in [3.63, 3.8) is 0 Å². The average Bonchev–Trinajstić information content (AvgIpc) is 3.53. The van der Waals surface area contributed by atoms with E-state index in [1.807, 2.05) is 12.1 Å². The predicted octanol–water partition coefficient (Wildman–Crippen LogP) is 1.33. The van der Waals surface area contributed by atoms with Crippen LogP contribution >= 0.6 is 11.3 Å². The summed E-state index contributed by atoms with van der Waals surface area (Å²) in [6, 6.07) is 8.47. The monoisotopic (exact) mass is 595 g/mol. The van der Waals surface area contributed by atoms with E-state index in [1.54, 1.807) is 17.0 Å². The van der Waals surface area contributed by atoms with Crippen LogP contribution < -0.4 is 43.8 Å². The standard InChI is InChI=1S/C28H29NO10S.Na.H/c1-37-22-10-17-14-29(26(32)4-6-28(35)36)15-18(17)11-23(22)39-8-2-7-38-21-9-16-12-25(19(30)3-5-27(33)34)40-24(16)13-20(21)31;;/h9-13,31H,2-8,14-15H2,1H3,(H,33,34)(H,35,36);;/q;+1;-1. The van der Waals surface area contributed by atoms with Gasteiger partial charge in [-0.1, -0.05) is 0 Å². The zero-order valence-corrected chi connectivity index (χ0v) is 25.6. The maximum absolute atomic E-state index is 12.3.